The molecule has 6 heteroatoms. The summed E-state index contributed by atoms with van der Waals surface area (Å²) in [6, 6.07) is 13.0. The summed E-state index contributed by atoms with van der Waals surface area (Å²) in [6.07, 6.45) is 1.06. The molecule has 146 valence electrons. The number of carbonyl (C=O) groups excluding carboxylic acids is 1. The molecule has 0 bridgehead atoms. The number of amides is 1. The highest BCUT2D eigenvalue weighted by Crippen LogP contribution is 2.15. The Morgan fingerprint density at radius 2 is 1.70 bits per heavy atom. The number of nitrogens with one attached hydrogen (secondary N) is 2. The van der Waals surface area contributed by atoms with Crippen LogP contribution in [0.25, 0.3) is 0 Å². The van der Waals surface area contributed by atoms with E-state index < -0.39 is 10.0 Å². The Kier molecular flexibility index (Phi) is 7.16. The lowest BCUT2D eigenvalue weighted by atomic mass is 10.0. The van der Waals surface area contributed by atoms with Crippen molar-refractivity contribution in [3.8, 4) is 0 Å². The van der Waals surface area contributed by atoms with E-state index in [4.69, 9.17) is 0 Å². The normalized spacial score (nSPS) is 12.6. The SMILES string of the molecule is CCc1ccc(C(C)NC(=O)CCNS(=O)(=O)c2ccc(C)c(C)c2)cc1. The summed E-state index contributed by atoms with van der Waals surface area (Å²) >= 11 is 0. The maximum absolute atomic E-state index is 12.3. The first kappa shape index (κ1) is 21.1. The van der Waals surface area contributed by atoms with Crippen molar-refractivity contribution < 1.29 is 13.2 Å². The molecule has 0 spiro atoms. The van der Waals surface area contributed by atoms with E-state index >= 15 is 0 Å². The van der Waals surface area contributed by atoms with Gasteiger partial charge in [-0.2, -0.15) is 0 Å². The topological polar surface area (TPSA) is 75.3 Å². The summed E-state index contributed by atoms with van der Waals surface area (Å²) in [5.41, 5.74) is 4.22. The first-order valence-electron chi connectivity index (χ1n) is 9.18. The molecule has 2 N–H and O–H groups in total. The van der Waals surface area contributed by atoms with Crippen LogP contribution in [0, 0.1) is 13.8 Å². The number of rotatable bonds is 8. The molecule has 0 fully saturated rings. The fourth-order valence-corrected chi connectivity index (χ4v) is 3.82. The van der Waals surface area contributed by atoms with Gasteiger partial charge in [0.25, 0.3) is 0 Å². The van der Waals surface area contributed by atoms with E-state index in [0.29, 0.717) is 0 Å². The third-order valence-corrected chi connectivity index (χ3v) is 6.16. The third-order valence-electron chi connectivity index (χ3n) is 4.70. The molecule has 1 atom stereocenters. The smallest absolute Gasteiger partial charge is 0.240 e. The van der Waals surface area contributed by atoms with Crippen molar-refractivity contribution in [1.82, 2.24) is 10.0 Å². The number of hydrogen-bond donors (Lipinski definition) is 2. The summed E-state index contributed by atoms with van der Waals surface area (Å²) < 4.78 is 27.2. The minimum Gasteiger partial charge on any atom is -0.350 e. The van der Waals surface area contributed by atoms with E-state index in [1.54, 1.807) is 18.2 Å². The highest BCUT2D eigenvalue weighted by Gasteiger charge is 2.15. The van der Waals surface area contributed by atoms with Crippen LogP contribution < -0.4 is 10.0 Å². The first-order chi connectivity index (χ1) is 12.7. The molecule has 2 aromatic rings. The Labute approximate surface area is 162 Å². The lowest BCUT2D eigenvalue weighted by Crippen LogP contribution is -2.32. The van der Waals surface area contributed by atoms with Gasteiger partial charge >= 0.3 is 0 Å². The van der Waals surface area contributed by atoms with Gasteiger partial charge in [0.05, 0.1) is 10.9 Å². The van der Waals surface area contributed by atoms with E-state index in [1.807, 2.05) is 32.9 Å². The van der Waals surface area contributed by atoms with Gasteiger partial charge in [-0.05, 0) is 61.6 Å². The minimum absolute atomic E-state index is 0.0581. The van der Waals surface area contributed by atoms with Crippen LogP contribution in [-0.4, -0.2) is 20.9 Å². The molecule has 0 heterocycles. The predicted octanol–water partition coefficient (Wildman–Crippen LogP) is 3.41. The van der Waals surface area contributed by atoms with E-state index in [-0.39, 0.29) is 29.8 Å². The fourth-order valence-electron chi connectivity index (χ4n) is 2.70. The molecule has 1 amide bonds. The van der Waals surface area contributed by atoms with Crippen molar-refractivity contribution in [3.63, 3.8) is 0 Å². The van der Waals surface area contributed by atoms with Gasteiger partial charge in [0.15, 0.2) is 0 Å². The molecule has 0 aliphatic rings. The standard InChI is InChI=1S/C21H28N2O3S/c1-5-18-7-9-19(10-8-18)17(4)23-21(24)12-13-22-27(25,26)20-11-6-15(2)16(3)14-20/h6-11,14,17,22H,5,12-13H2,1-4H3,(H,23,24). The van der Waals surface area contributed by atoms with E-state index in [1.165, 1.54) is 5.56 Å². The molecule has 0 saturated heterocycles. The van der Waals surface area contributed by atoms with Crippen LogP contribution in [0.15, 0.2) is 47.4 Å². The van der Waals surface area contributed by atoms with Crippen LogP contribution in [0.2, 0.25) is 0 Å². The predicted molar refractivity (Wildman–Crippen MR) is 108 cm³/mol. The lowest BCUT2D eigenvalue weighted by Gasteiger charge is -2.15. The van der Waals surface area contributed by atoms with Gasteiger partial charge in [-0.15, -0.1) is 0 Å². The lowest BCUT2D eigenvalue weighted by molar-refractivity contribution is -0.121. The zero-order valence-electron chi connectivity index (χ0n) is 16.4. The van der Waals surface area contributed by atoms with Crippen molar-refractivity contribution in [3.05, 3.63) is 64.7 Å². The molecule has 2 aromatic carbocycles. The van der Waals surface area contributed by atoms with Gasteiger partial charge in [-0.1, -0.05) is 37.3 Å². The summed E-state index contributed by atoms with van der Waals surface area (Å²) in [5, 5.41) is 2.90. The second kappa shape index (κ2) is 9.15. The van der Waals surface area contributed by atoms with Gasteiger partial charge in [0.2, 0.25) is 15.9 Å². The van der Waals surface area contributed by atoms with Gasteiger partial charge < -0.3 is 5.32 Å². The van der Waals surface area contributed by atoms with Crippen molar-refractivity contribution in [2.24, 2.45) is 0 Å². The number of sulfonamides is 1. The molecule has 0 aliphatic heterocycles. The largest absolute Gasteiger partial charge is 0.350 e. The van der Waals surface area contributed by atoms with Crippen LogP contribution in [0.1, 0.15) is 48.6 Å². The van der Waals surface area contributed by atoms with Crippen molar-refractivity contribution in [2.45, 2.75) is 51.5 Å². The molecule has 5 nitrogen and oxygen atoms in total. The molecular formula is C21H28N2O3S. The Morgan fingerprint density at radius 3 is 2.30 bits per heavy atom. The van der Waals surface area contributed by atoms with Gasteiger partial charge in [0, 0.05) is 13.0 Å². The first-order valence-corrected chi connectivity index (χ1v) is 10.7. The summed E-state index contributed by atoms with van der Waals surface area (Å²) in [7, 11) is -3.61. The maximum atomic E-state index is 12.3. The Bertz CT molecular complexity index is 890. The number of carbonyl (C=O) groups is 1. The average Bonchev–Trinajstić information content (AvgIpc) is 2.63. The summed E-state index contributed by atoms with van der Waals surface area (Å²) in [5.74, 6) is -0.190. The van der Waals surface area contributed by atoms with Crippen molar-refractivity contribution >= 4 is 15.9 Å². The van der Waals surface area contributed by atoms with Crippen LogP contribution in [0.4, 0.5) is 0 Å². The van der Waals surface area contributed by atoms with Gasteiger partial charge in [0.1, 0.15) is 0 Å². The Morgan fingerprint density at radius 1 is 1.04 bits per heavy atom. The zero-order valence-corrected chi connectivity index (χ0v) is 17.2. The van der Waals surface area contributed by atoms with Crippen LogP contribution in [0.5, 0.6) is 0 Å². The third kappa shape index (κ3) is 5.91. The quantitative estimate of drug-likeness (QED) is 0.728. The van der Waals surface area contributed by atoms with Crippen molar-refractivity contribution in [1.29, 1.82) is 0 Å². The second-order valence-electron chi connectivity index (χ2n) is 6.78. The molecule has 0 aromatic heterocycles. The minimum atomic E-state index is -3.61. The second-order valence-corrected chi connectivity index (χ2v) is 8.55. The molecule has 0 radical (unpaired) electrons. The average molecular weight is 389 g/mol. The van der Waals surface area contributed by atoms with Crippen LogP contribution >= 0.6 is 0 Å². The van der Waals surface area contributed by atoms with Crippen LogP contribution in [-0.2, 0) is 21.2 Å². The monoisotopic (exact) mass is 388 g/mol. The molecule has 0 saturated carbocycles. The number of hydrogen-bond acceptors (Lipinski definition) is 3. The molecular weight excluding hydrogens is 360 g/mol. The molecule has 2 rings (SSSR count). The number of benzene rings is 2. The van der Waals surface area contributed by atoms with Gasteiger partial charge in [-0.3, -0.25) is 4.79 Å². The Hall–Kier alpha value is -2.18. The molecule has 27 heavy (non-hydrogen) atoms. The highest BCUT2D eigenvalue weighted by molar-refractivity contribution is 7.89. The Balaban J connectivity index is 1.86. The fraction of sp³-hybridized carbons (Fsp3) is 0.381. The molecule has 0 aliphatic carbocycles. The van der Waals surface area contributed by atoms with E-state index in [9.17, 15) is 13.2 Å². The van der Waals surface area contributed by atoms with E-state index in [0.717, 1.165) is 23.1 Å². The van der Waals surface area contributed by atoms with Gasteiger partial charge in [-0.25, -0.2) is 13.1 Å². The zero-order chi connectivity index (χ0) is 20.0. The summed E-state index contributed by atoms with van der Waals surface area (Å²) in [6.45, 7) is 7.87. The highest BCUT2D eigenvalue weighted by atomic mass is 32.2. The van der Waals surface area contributed by atoms with E-state index in [2.05, 4.69) is 29.1 Å². The molecule has 1 unspecified atom stereocenters. The van der Waals surface area contributed by atoms with Crippen LogP contribution in [0.3, 0.4) is 0 Å². The number of aryl methyl sites for hydroxylation is 3. The van der Waals surface area contributed by atoms with Crippen molar-refractivity contribution in [2.75, 3.05) is 6.54 Å². The summed E-state index contributed by atoms with van der Waals surface area (Å²) in [4.78, 5) is 12.3. The maximum Gasteiger partial charge on any atom is 0.240 e.